The minimum Gasteiger partial charge on any atom is -0.493 e. The molecule has 0 aromatic heterocycles. The molecule has 2 aliphatic carbocycles. The van der Waals surface area contributed by atoms with Gasteiger partial charge in [0.25, 0.3) is 0 Å². The summed E-state index contributed by atoms with van der Waals surface area (Å²) in [6.07, 6.45) is 11.6. The van der Waals surface area contributed by atoms with Crippen LogP contribution >= 0.6 is 24.0 Å². The fourth-order valence-electron chi connectivity index (χ4n) is 3.42. The van der Waals surface area contributed by atoms with Gasteiger partial charge in [0.2, 0.25) is 0 Å². The Bertz CT molecular complexity index is 619. The average molecular weight is 471 g/mol. The fraction of sp³-hybridized carbons (Fsp3) is 0.550. The maximum absolute atomic E-state index is 6.17. The van der Waals surface area contributed by atoms with E-state index in [1.54, 1.807) is 14.2 Å². The van der Waals surface area contributed by atoms with E-state index in [1.165, 1.54) is 12.8 Å². The van der Waals surface area contributed by atoms with Crippen LogP contribution in [-0.2, 0) is 6.54 Å². The van der Waals surface area contributed by atoms with E-state index in [2.05, 4.69) is 39.9 Å². The van der Waals surface area contributed by atoms with Gasteiger partial charge in [0.1, 0.15) is 0 Å². The van der Waals surface area contributed by atoms with Gasteiger partial charge < -0.3 is 20.1 Å². The molecule has 1 aromatic rings. The third kappa shape index (κ3) is 5.79. The fourth-order valence-corrected chi connectivity index (χ4v) is 3.42. The topological polar surface area (TPSA) is 54.9 Å². The van der Waals surface area contributed by atoms with Crippen molar-refractivity contribution in [1.29, 1.82) is 0 Å². The van der Waals surface area contributed by atoms with E-state index >= 15 is 0 Å². The lowest BCUT2D eigenvalue weighted by Gasteiger charge is -2.19. The lowest BCUT2D eigenvalue weighted by molar-refractivity contribution is 0.200. The molecule has 1 saturated carbocycles. The van der Waals surface area contributed by atoms with Crippen LogP contribution in [0.15, 0.2) is 35.3 Å². The van der Waals surface area contributed by atoms with Gasteiger partial charge in [-0.25, -0.2) is 0 Å². The molecule has 0 radical (unpaired) electrons. The lowest BCUT2D eigenvalue weighted by Crippen LogP contribution is -2.42. The summed E-state index contributed by atoms with van der Waals surface area (Å²) in [4.78, 5) is 4.32. The molecule has 0 heterocycles. The zero-order chi connectivity index (χ0) is 17.5. The smallest absolute Gasteiger partial charge is 0.191 e. The number of hydrogen-bond acceptors (Lipinski definition) is 3. The molecular weight excluding hydrogens is 441 g/mol. The summed E-state index contributed by atoms with van der Waals surface area (Å²) >= 11 is 0. The van der Waals surface area contributed by atoms with Crippen molar-refractivity contribution in [2.45, 2.75) is 57.2 Å². The summed E-state index contributed by atoms with van der Waals surface area (Å²) < 4.78 is 11.6. The number of nitrogens with one attached hydrogen (secondary N) is 2. The van der Waals surface area contributed by atoms with Crippen molar-refractivity contribution < 1.29 is 9.47 Å². The Hall–Kier alpha value is -1.44. The second-order valence-electron chi connectivity index (χ2n) is 6.72. The molecule has 6 heteroatoms. The summed E-state index contributed by atoms with van der Waals surface area (Å²) in [6, 6.07) is 6.58. The Morgan fingerprint density at radius 2 is 1.88 bits per heavy atom. The number of aliphatic imine (C=N–C) groups is 1. The van der Waals surface area contributed by atoms with Crippen LogP contribution in [-0.4, -0.2) is 32.3 Å². The van der Waals surface area contributed by atoms with E-state index in [-0.39, 0.29) is 24.0 Å². The van der Waals surface area contributed by atoms with Crippen LogP contribution in [0, 0.1) is 0 Å². The Morgan fingerprint density at radius 3 is 2.54 bits per heavy atom. The molecule has 0 saturated heterocycles. The third-order valence-electron chi connectivity index (χ3n) is 4.86. The predicted octanol–water partition coefficient (Wildman–Crippen LogP) is 4.02. The van der Waals surface area contributed by atoms with Crippen LogP contribution in [0.1, 0.15) is 44.1 Å². The van der Waals surface area contributed by atoms with Gasteiger partial charge in [0.15, 0.2) is 17.5 Å². The SMILES string of the molecule is CN=C(NCc1ccc(OC)c(OC2CCCC2)c1)NC1CC=CC1.I. The highest BCUT2D eigenvalue weighted by molar-refractivity contribution is 14.0. The van der Waals surface area contributed by atoms with Crippen molar-refractivity contribution in [2.75, 3.05) is 14.2 Å². The highest BCUT2D eigenvalue weighted by atomic mass is 127. The number of methoxy groups -OCH3 is 1. The maximum Gasteiger partial charge on any atom is 0.191 e. The number of halogens is 1. The van der Waals surface area contributed by atoms with Gasteiger partial charge in [0.05, 0.1) is 13.2 Å². The van der Waals surface area contributed by atoms with Crippen molar-refractivity contribution in [3.8, 4) is 11.5 Å². The normalized spacial score (nSPS) is 17.8. The molecule has 1 aromatic carbocycles. The minimum atomic E-state index is 0. The number of ether oxygens (including phenoxy) is 2. The summed E-state index contributed by atoms with van der Waals surface area (Å²) in [5, 5.41) is 6.84. The van der Waals surface area contributed by atoms with E-state index < -0.39 is 0 Å². The van der Waals surface area contributed by atoms with Crippen LogP contribution in [0.25, 0.3) is 0 Å². The van der Waals surface area contributed by atoms with Crippen LogP contribution in [0.3, 0.4) is 0 Å². The molecule has 0 atom stereocenters. The monoisotopic (exact) mass is 471 g/mol. The molecule has 0 unspecified atom stereocenters. The molecule has 5 nitrogen and oxygen atoms in total. The minimum absolute atomic E-state index is 0. The van der Waals surface area contributed by atoms with E-state index in [0.29, 0.717) is 18.7 Å². The standard InChI is InChI=1S/C20H29N3O2.HI/c1-21-20(23-16-7-3-4-8-16)22-14-15-11-12-18(24-2)19(13-15)25-17-9-5-6-10-17;/h3-4,11-13,16-17H,5-10,14H2,1-2H3,(H2,21,22,23);1H. The third-order valence-corrected chi connectivity index (χ3v) is 4.86. The first kappa shape index (κ1) is 20.9. The van der Waals surface area contributed by atoms with Gasteiger partial charge in [-0.15, -0.1) is 24.0 Å². The highest BCUT2D eigenvalue weighted by Crippen LogP contribution is 2.32. The van der Waals surface area contributed by atoms with Crippen molar-refractivity contribution in [2.24, 2.45) is 4.99 Å². The second kappa shape index (κ2) is 10.6. The van der Waals surface area contributed by atoms with Gasteiger partial charge in [-0.05, 0) is 56.2 Å². The Kier molecular flexibility index (Phi) is 8.54. The Labute approximate surface area is 173 Å². The molecular formula is C20H30IN3O2. The number of benzene rings is 1. The second-order valence-corrected chi connectivity index (χ2v) is 6.72. The number of rotatable bonds is 6. The zero-order valence-electron chi connectivity index (χ0n) is 15.7. The first-order valence-electron chi connectivity index (χ1n) is 9.24. The molecule has 0 bridgehead atoms. The Balaban J connectivity index is 0.00000243. The average Bonchev–Trinajstić information content (AvgIpc) is 3.32. The van der Waals surface area contributed by atoms with Crippen LogP contribution < -0.4 is 20.1 Å². The van der Waals surface area contributed by atoms with Crippen LogP contribution in [0.2, 0.25) is 0 Å². The van der Waals surface area contributed by atoms with E-state index in [0.717, 1.165) is 48.7 Å². The van der Waals surface area contributed by atoms with Crippen molar-refractivity contribution in [3.63, 3.8) is 0 Å². The van der Waals surface area contributed by atoms with Gasteiger partial charge in [-0.1, -0.05) is 18.2 Å². The quantitative estimate of drug-likeness (QED) is 0.285. The van der Waals surface area contributed by atoms with E-state index in [4.69, 9.17) is 9.47 Å². The highest BCUT2D eigenvalue weighted by Gasteiger charge is 2.18. The summed E-state index contributed by atoms with van der Waals surface area (Å²) in [6.45, 7) is 0.699. The largest absolute Gasteiger partial charge is 0.493 e. The predicted molar refractivity (Wildman–Crippen MR) is 117 cm³/mol. The molecule has 26 heavy (non-hydrogen) atoms. The van der Waals surface area contributed by atoms with E-state index in [1.807, 2.05) is 6.07 Å². The molecule has 2 N–H and O–H groups in total. The lowest BCUT2D eigenvalue weighted by atomic mass is 10.2. The van der Waals surface area contributed by atoms with Gasteiger partial charge in [-0.2, -0.15) is 0 Å². The summed E-state index contributed by atoms with van der Waals surface area (Å²) in [5.74, 6) is 2.48. The number of guanidine groups is 1. The first-order valence-corrected chi connectivity index (χ1v) is 9.24. The molecule has 1 fully saturated rings. The first-order chi connectivity index (χ1) is 12.3. The molecule has 0 amide bonds. The maximum atomic E-state index is 6.17. The van der Waals surface area contributed by atoms with Crippen molar-refractivity contribution in [3.05, 3.63) is 35.9 Å². The van der Waals surface area contributed by atoms with Gasteiger partial charge in [-0.3, -0.25) is 4.99 Å². The van der Waals surface area contributed by atoms with Crippen molar-refractivity contribution >= 4 is 29.9 Å². The van der Waals surface area contributed by atoms with Gasteiger partial charge in [0, 0.05) is 19.6 Å². The number of nitrogens with zero attached hydrogens (tertiary/aromatic N) is 1. The molecule has 0 aliphatic heterocycles. The van der Waals surface area contributed by atoms with Crippen LogP contribution in [0.5, 0.6) is 11.5 Å². The summed E-state index contributed by atoms with van der Waals surface area (Å²) in [5.41, 5.74) is 1.15. The van der Waals surface area contributed by atoms with Crippen molar-refractivity contribution in [1.82, 2.24) is 10.6 Å². The summed E-state index contributed by atoms with van der Waals surface area (Å²) in [7, 11) is 3.50. The molecule has 2 aliphatic rings. The number of hydrogen-bond donors (Lipinski definition) is 2. The van der Waals surface area contributed by atoms with Crippen LogP contribution in [0.4, 0.5) is 0 Å². The molecule has 144 valence electrons. The zero-order valence-corrected chi connectivity index (χ0v) is 18.0. The molecule has 0 spiro atoms. The van der Waals surface area contributed by atoms with E-state index in [9.17, 15) is 0 Å². The van der Waals surface area contributed by atoms with Gasteiger partial charge >= 0.3 is 0 Å². The Morgan fingerprint density at radius 1 is 1.15 bits per heavy atom. The molecule has 3 rings (SSSR count).